The monoisotopic (exact) mass is 515 g/mol. The molecule has 1 saturated carbocycles. The summed E-state index contributed by atoms with van der Waals surface area (Å²) in [7, 11) is 0. The van der Waals surface area contributed by atoms with E-state index in [9.17, 15) is 9.59 Å². The van der Waals surface area contributed by atoms with Crippen molar-refractivity contribution in [1.82, 2.24) is 5.32 Å². The molecule has 3 aromatic rings. The summed E-state index contributed by atoms with van der Waals surface area (Å²) in [6.45, 7) is 7.33. The molecule has 1 aliphatic heterocycles. The summed E-state index contributed by atoms with van der Waals surface area (Å²) in [4.78, 5) is 31.8. The van der Waals surface area contributed by atoms with E-state index in [4.69, 9.17) is 9.15 Å². The minimum Gasteiger partial charge on any atom is -0.459 e. The summed E-state index contributed by atoms with van der Waals surface area (Å²) in [6, 6.07) is 18.5. The maximum atomic E-state index is 14.0. The summed E-state index contributed by atoms with van der Waals surface area (Å²) in [5, 5.41) is 3.25. The number of nitrogens with one attached hydrogen (secondary N) is 1. The predicted octanol–water partition coefficient (Wildman–Crippen LogP) is 5.69. The molecule has 200 valence electrons. The van der Waals surface area contributed by atoms with Gasteiger partial charge in [0.25, 0.3) is 5.91 Å². The van der Waals surface area contributed by atoms with Crippen LogP contribution in [-0.2, 0) is 9.53 Å². The van der Waals surface area contributed by atoms with Crippen molar-refractivity contribution in [3.8, 4) is 0 Å². The van der Waals surface area contributed by atoms with Crippen molar-refractivity contribution >= 4 is 23.2 Å². The van der Waals surface area contributed by atoms with Gasteiger partial charge in [-0.2, -0.15) is 0 Å². The molecule has 1 unspecified atom stereocenters. The van der Waals surface area contributed by atoms with E-state index < -0.39 is 6.04 Å². The zero-order valence-electron chi connectivity index (χ0n) is 22.3. The number of carbonyl (C=O) groups excluding carboxylic acids is 2. The Balaban J connectivity index is 1.55. The third kappa shape index (κ3) is 5.78. The fraction of sp³-hybridized carbons (Fsp3) is 0.419. The Labute approximate surface area is 224 Å². The second-order valence-electron chi connectivity index (χ2n) is 10.5. The van der Waals surface area contributed by atoms with Crippen LogP contribution < -0.4 is 15.1 Å². The van der Waals surface area contributed by atoms with Gasteiger partial charge in [0.1, 0.15) is 6.04 Å². The zero-order valence-corrected chi connectivity index (χ0v) is 22.3. The molecule has 2 aromatic carbocycles. The number of benzene rings is 2. The molecule has 7 nitrogen and oxygen atoms in total. The van der Waals surface area contributed by atoms with Crippen LogP contribution in [0, 0.1) is 0 Å². The van der Waals surface area contributed by atoms with Crippen molar-refractivity contribution in [3.05, 3.63) is 83.8 Å². The number of ether oxygens (including phenoxy) is 1. The number of carbonyl (C=O) groups is 2. The van der Waals surface area contributed by atoms with Crippen LogP contribution in [-0.4, -0.2) is 44.2 Å². The lowest BCUT2D eigenvalue weighted by molar-refractivity contribution is -0.123. The molecule has 1 aromatic heterocycles. The largest absolute Gasteiger partial charge is 0.459 e. The molecule has 2 aliphatic rings. The highest BCUT2D eigenvalue weighted by Gasteiger charge is 2.36. The van der Waals surface area contributed by atoms with Crippen molar-refractivity contribution in [2.75, 3.05) is 36.1 Å². The van der Waals surface area contributed by atoms with Gasteiger partial charge in [-0.25, -0.2) is 0 Å². The first-order valence-electron chi connectivity index (χ1n) is 13.7. The quantitative estimate of drug-likeness (QED) is 0.417. The Morgan fingerprint density at radius 2 is 1.58 bits per heavy atom. The van der Waals surface area contributed by atoms with Crippen LogP contribution in [0.2, 0.25) is 0 Å². The van der Waals surface area contributed by atoms with E-state index >= 15 is 0 Å². The van der Waals surface area contributed by atoms with Crippen LogP contribution in [0.15, 0.2) is 71.3 Å². The molecule has 2 heterocycles. The summed E-state index contributed by atoms with van der Waals surface area (Å²) >= 11 is 0. The number of anilines is 2. The van der Waals surface area contributed by atoms with Crippen molar-refractivity contribution < 1.29 is 18.7 Å². The minimum absolute atomic E-state index is 0.126. The van der Waals surface area contributed by atoms with Crippen molar-refractivity contribution in [3.63, 3.8) is 0 Å². The normalized spacial score (nSPS) is 17.0. The predicted molar refractivity (Wildman–Crippen MR) is 149 cm³/mol. The standard InChI is InChI=1S/C31H37N3O4/c1-22(2)23-9-15-27(16-10-23)34(31(36)28-8-5-19-38-28)29(30(35)32-25-6-3-4-7-25)24-11-13-26(14-12-24)33-17-20-37-21-18-33/h5,8-16,19,22,25,29H,3-4,6-7,17-18,20-21H2,1-2H3,(H,32,35). The maximum absolute atomic E-state index is 14.0. The third-order valence-electron chi connectivity index (χ3n) is 7.58. The van der Waals surface area contributed by atoms with Gasteiger partial charge in [0, 0.05) is 30.5 Å². The molecule has 5 rings (SSSR count). The molecule has 1 atom stereocenters. The molecule has 7 heteroatoms. The fourth-order valence-electron chi connectivity index (χ4n) is 5.38. The highest BCUT2D eigenvalue weighted by molar-refractivity contribution is 6.08. The number of rotatable bonds is 8. The molecule has 2 fully saturated rings. The molecular formula is C31H37N3O4. The van der Waals surface area contributed by atoms with Gasteiger partial charge >= 0.3 is 0 Å². The number of hydrogen-bond acceptors (Lipinski definition) is 5. The average Bonchev–Trinajstić information content (AvgIpc) is 3.67. The molecule has 1 N–H and O–H groups in total. The SMILES string of the molecule is CC(C)c1ccc(N(C(=O)c2ccco2)C(C(=O)NC2CCCC2)c2ccc(N3CCOCC3)cc2)cc1. The number of nitrogens with zero attached hydrogens (tertiary/aromatic N) is 2. The van der Waals surface area contributed by atoms with E-state index in [1.165, 1.54) is 11.8 Å². The van der Waals surface area contributed by atoms with Crippen LogP contribution in [0.25, 0.3) is 0 Å². The lowest BCUT2D eigenvalue weighted by atomic mass is 9.99. The van der Waals surface area contributed by atoms with Gasteiger partial charge in [-0.05, 0) is 66.3 Å². The van der Waals surface area contributed by atoms with Crippen LogP contribution in [0.1, 0.15) is 73.2 Å². The van der Waals surface area contributed by atoms with E-state index in [2.05, 4.69) is 24.1 Å². The Bertz CT molecular complexity index is 1190. The summed E-state index contributed by atoms with van der Waals surface area (Å²) < 4.78 is 11.0. The molecule has 0 bridgehead atoms. The second-order valence-corrected chi connectivity index (χ2v) is 10.5. The summed E-state index contributed by atoms with van der Waals surface area (Å²) in [5.74, 6) is 0.0222. The molecular weight excluding hydrogens is 478 g/mol. The van der Waals surface area contributed by atoms with Gasteiger partial charge in [-0.3, -0.25) is 14.5 Å². The summed E-state index contributed by atoms with van der Waals surface area (Å²) in [5.41, 5.74) is 3.66. The van der Waals surface area contributed by atoms with E-state index in [-0.39, 0.29) is 23.6 Å². The van der Waals surface area contributed by atoms with Gasteiger partial charge in [0.15, 0.2) is 5.76 Å². The first-order valence-corrected chi connectivity index (χ1v) is 13.7. The van der Waals surface area contributed by atoms with Crippen molar-refractivity contribution in [2.24, 2.45) is 0 Å². The van der Waals surface area contributed by atoms with Gasteiger partial charge in [0.2, 0.25) is 5.91 Å². The molecule has 1 aliphatic carbocycles. The first-order chi connectivity index (χ1) is 18.5. The topological polar surface area (TPSA) is 75.0 Å². The lowest BCUT2D eigenvalue weighted by Crippen LogP contribution is -2.46. The molecule has 0 spiro atoms. The zero-order chi connectivity index (χ0) is 26.5. The Morgan fingerprint density at radius 1 is 0.921 bits per heavy atom. The third-order valence-corrected chi connectivity index (χ3v) is 7.58. The van der Waals surface area contributed by atoms with E-state index in [1.807, 2.05) is 48.5 Å². The van der Waals surface area contributed by atoms with Crippen LogP contribution in [0.5, 0.6) is 0 Å². The Kier molecular flexibility index (Phi) is 8.13. The number of amides is 2. The van der Waals surface area contributed by atoms with E-state index in [0.29, 0.717) is 24.8 Å². The Morgan fingerprint density at radius 3 is 2.18 bits per heavy atom. The van der Waals surface area contributed by atoms with E-state index in [0.717, 1.165) is 50.0 Å². The average molecular weight is 516 g/mol. The van der Waals surface area contributed by atoms with Crippen LogP contribution in [0.4, 0.5) is 11.4 Å². The highest BCUT2D eigenvalue weighted by Crippen LogP contribution is 2.33. The summed E-state index contributed by atoms with van der Waals surface area (Å²) in [6.07, 6.45) is 5.62. The van der Waals surface area contributed by atoms with Crippen LogP contribution in [0.3, 0.4) is 0 Å². The molecule has 38 heavy (non-hydrogen) atoms. The van der Waals surface area contributed by atoms with Crippen LogP contribution >= 0.6 is 0 Å². The van der Waals surface area contributed by atoms with Gasteiger partial charge < -0.3 is 19.4 Å². The fourth-order valence-corrected chi connectivity index (χ4v) is 5.38. The molecule has 0 radical (unpaired) electrons. The number of morpholine rings is 1. The molecule has 1 saturated heterocycles. The van der Waals surface area contributed by atoms with E-state index in [1.54, 1.807) is 17.0 Å². The Hall–Kier alpha value is -3.58. The first kappa shape index (κ1) is 26.0. The maximum Gasteiger partial charge on any atom is 0.294 e. The van der Waals surface area contributed by atoms with Gasteiger partial charge in [-0.15, -0.1) is 0 Å². The van der Waals surface area contributed by atoms with Crippen molar-refractivity contribution in [2.45, 2.75) is 57.5 Å². The highest BCUT2D eigenvalue weighted by atomic mass is 16.5. The minimum atomic E-state index is -0.850. The van der Waals surface area contributed by atoms with Crippen molar-refractivity contribution in [1.29, 1.82) is 0 Å². The van der Waals surface area contributed by atoms with Gasteiger partial charge in [0.05, 0.1) is 19.5 Å². The van der Waals surface area contributed by atoms with Gasteiger partial charge in [-0.1, -0.05) is 51.0 Å². The smallest absolute Gasteiger partial charge is 0.294 e. The lowest BCUT2D eigenvalue weighted by Gasteiger charge is -2.33. The number of hydrogen-bond donors (Lipinski definition) is 1. The molecule has 2 amide bonds. The number of furan rings is 1. The second kappa shape index (κ2) is 11.9.